The molecule has 2 rings (SSSR count). The fourth-order valence-electron chi connectivity index (χ4n) is 2.02. The van der Waals surface area contributed by atoms with Gasteiger partial charge in [-0.2, -0.15) is 0 Å². The normalized spacial score (nSPS) is 20.4. The first-order chi connectivity index (χ1) is 8.08. The van der Waals surface area contributed by atoms with Gasteiger partial charge in [-0.05, 0) is 47.0 Å². The lowest BCUT2D eigenvalue weighted by Gasteiger charge is -2.30. The zero-order chi connectivity index (χ0) is 12.4. The van der Waals surface area contributed by atoms with Crippen molar-refractivity contribution in [3.8, 4) is 0 Å². The number of amides is 1. The zero-order valence-corrected chi connectivity index (χ0v) is 11.0. The molecule has 5 heteroatoms. The summed E-state index contributed by atoms with van der Waals surface area (Å²) in [5.41, 5.74) is 6.80. The quantitative estimate of drug-likeness (QED) is 0.775. The molecule has 0 spiro atoms. The molecule has 1 amide bonds. The summed E-state index contributed by atoms with van der Waals surface area (Å²) in [7, 11) is 0. The topological polar surface area (TPSA) is 66.6 Å². The number of halogens is 1. The van der Waals surface area contributed by atoms with E-state index in [0.717, 1.165) is 17.3 Å². The second kappa shape index (κ2) is 5.06. The number of benzene rings is 1. The minimum absolute atomic E-state index is 0.0806. The van der Waals surface area contributed by atoms with Crippen LogP contribution in [0.3, 0.4) is 0 Å². The van der Waals surface area contributed by atoms with Crippen molar-refractivity contribution in [2.24, 2.45) is 0 Å². The monoisotopic (exact) mass is 298 g/mol. The van der Waals surface area contributed by atoms with Crippen LogP contribution in [0.2, 0.25) is 0 Å². The number of nitrogens with two attached hydrogens (primary N) is 1. The van der Waals surface area contributed by atoms with Crippen molar-refractivity contribution >= 4 is 27.5 Å². The van der Waals surface area contributed by atoms with Gasteiger partial charge in [0.05, 0.1) is 11.7 Å². The van der Waals surface area contributed by atoms with E-state index >= 15 is 0 Å². The Bertz CT molecular complexity index is 437. The molecule has 0 aliphatic carbocycles. The number of nitrogens with zero attached hydrogens (tertiary/aromatic N) is 1. The Morgan fingerprint density at radius 1 is 1.53 bits per heavy atom. The van der Waals surface area contributed by atoms with Crippen molar-refractivity contribution in [1.29, 1.82) is 0 Å². The predicted molar refractivity (Wildman–Crippen MR) is 69.7 cm³/mol. The van der Waals surface area contributed by atoms with Crippen LogP contribution in [0, 0.1) is 0 Å². The maximum Gasteiger partial charge on any atom is 0.255 e. The molecule has 1 atom stereocenters. The molecule has 1 aliphatic heterocycles. The third-order valence-corrected chi connectivity index (χ3v) is 3.60. The van der Waals surface area contributed by atoms with Gasteiger partial charge in [-0.25, -0.2) is 0 Å². The molecule has 0 aromatic heterocycles. The van der Waals surface area contributed by atoms with Crippen LogP contribution in [0.5, 0.6) is 0 Å². The van der Waals surface area contributed by atoms with E-state index < -0.39 is 6.10 Å². The average molecular weight is 299 g/mol. The van der Waals surface area contributed by atoms with Crippen LogP contribution in [-0.4, -0.2) is 35.1 Å². The predicted octanol–water partition coefficient (Wildman–Crippen LogP) is 1.63. The van der Waals surface area contributed by atoms with Crippen LogP contribution < -0.4 is 5.73 Å². The second-order valence-corrected chi connectivity index (χ2v) is 5.14. The van der Waals surface area contributed by atoms with Gasteiger partial charge in [0.1, 0.15) is 0 Å². The number of nitrogen functional groups attached to an aromatic ring is 1. The number of carbonyl (C=O) groups is 1. The highest BCUT2D eigenvalue weighted by Crippen LogP contribution is 2.22. The van der Waals surface area contributed by atoms with E-state index in [4.69, 9.17) is 5.73 Å². The molecular weight excluding hydrogens is 284 g/mol. The summed E-state index contributed by atoms with van der Waals surface area (Å²) >= 11 is 3.35. The van der Waals surface area contributed by atoms with E-state index in [1.54, 1.807) is 23.1 Å². The van der Waals surface area contributed by atoms with Crippen molar-refractivity contribution < 1.29 is 9.90 Å². The van der Waals surface area contributed by atoms with E-state index in [-0.39, 0.29) is 5.91 Å². The largest absolute Gasteiger partial charge is 0.399 e. The molecule has 1 fully saturated rings. The lowest BCUT2D eigenvalue weighted by molar-refractivity contribution is 0.0473. The number of hydrogen-bond acceptors (Lipinski definition) is 3. The molecule has 3 N–H and O–H groups in total. The van der Waals surface area contributed by atoms with E-state index in [0.29, 0.717) is 24.3 Å². The minimum atomic E-state index is -0.410. The molecule has 1 aromatic carbocycles. The van der Waals surface area contributed by atoms with Gasteiger partial charge in [0.15, 0.2) is 0 Å². The fraction of sp³-hybridized carbons (Fsp3) is 0.417. The summed E-state index contributed by atoms with van der Waals surface area (Å²) in [6.45, 7) is 1.09. The van der Waals surface area contributed by atoms with Crippen molar-refractivity contribution in [2.75, 3.05) is 18.8 Å². The molecule has 1 aromatic rings. The van der Waals surface area contributed by atoms with Crippen LogP contribution in [0.15, 0.2) is 22.7 Å². The Balaban J connectivity index is 2.21. The number of hydrogen-bond donors (Lipinski definition) is 2. The Morgan fingerprint density at radius 2 is 2.29 bits per heavy atom. The van der Waals surface area contributed by atoms with Gasteiger partial charge < -0.3 is 15.7 Å². The highest BCUT2D eigenvalue weighted by Gasteiger charge is 2.24. The van der Waals surface area contributed by atoms with Gasteiger partial charge in [0.2, 0.25) is 0 Å². The molecule has 4 nitrogen and oxygen atoms in total. The maximum atomic E-state index is 12.2. The van der Waals surface area contributed by atoms with Crippen LogP contribution in [-0.2, 0) is 0 Å². The first kappa shape index (κ1) is 12.4. The van der Waals surface area contributed by atoms with Crippen molar-refractivity contribution in [3.63, 3.8) is 0 Å². The van der Waals surface area contributed by atoms with Crippen LogP contribution in [0.25, 0.3) is 0 Å². The number of β-amino-alcohol motifs (C(OH)–C–C–N with tert-alkyl or cyclic N) is 1. The Labute approximate surface area is 109 Å². The van der Waals surface area contributed by atoms with Crippen molar-refractivity contribution in [2.45, 2.75) is 18.9 Å². The fourth-order valence-corrected chi connectivity index (χ4v) is 2.43. The lowest BCUT2D eigenvalue weighted by Crippen LogP contribution is -2.42. The smallest absolute Gasteiger partial charge is 0.255 e. The second-order valence-electron chi connectivity index (χ2n) is 4.29. The molecule has 1 saturated heterocycles. The summed E-state index contributed by atoms with van der Waals surface area (Å²) in [6, 6.07) is 5.17. The van der Waals surface area contributed by atoms with E-state index in [1.165, 1.54) is 0 Å². The molecule has 0 radical (unpaired) electrons. The maximum absolute atomic E-state index is 12.2. The highest BCUT2D eigenvalue weighted by molar-refractivity contribution is 9.10. The van der Waals surface area contributed by atoms with Crippen LogP contribution in [0.4, 0.5) is 5.69 Å². The number of aliphatic hydroxyl groups excluding tert-OH is 1. The summed E-state index contributed by atoms with van der Waals surface area (Å²) in [5, 5.41) is 9.57. The Morgan fingerprint density at radius 3 is 3.00 bits per heavy atom. The molecule has 1 heterocycles. The van der Waals surface area contributed by atoms with E-state index in [9.17, 15) is 9.90 Å². The SMILES string of the molecule is Nc1ccc(Br)c(C(=O)N2CCCC(O)C2)c1. The average Bonchev–Trinajstić information content (AvgIpc) is 2.31. The Kier molecular flexibility index (Phi) is 3.69. The molecule has 1 unspecified atom stereocenters. The minimum Gasteiger partial charge on any atom is -0.399 e. The molecule has 92 valence electrons. The first-order valence-corrected chi connectivity index (χ1v) is 6.39. The van der Waals surface area contributed by atoms with E-state index in [1.807, 2.05) is 0 Å². The lowest BCUT2D eigenvalue weighted by atomic mass is 10.1. The molecule has 0 bridgehead atoms. The van der Waals surface area contributed by atoms with Gasteiger partial charge in [0.25, 0.3) is 5.91 Å². The first-order valence-electron chi connectivity index (χ1n) is 5.60. The number of likely N-dealkylation sites (tertiary alicyclic amines) is 1. The summed E-state index contributed by atoms with van der Waals surface area (Å²) < 4.78 is 0.733. The standard InChI is InChI=1S/C12H15BrN2O2/c13-11-4-3-8(14)6-10(11)12(17)15-5-1-2-9(16)7-15/h3-4,6,9,16H,1-2,5,7,14H2. The third kappa shape index (κ3) is 2.79. The summed E-state index contributed by atoms with van der Waals surface area (Å²) in [5.74, 6) is -0.0806. The van der Waals surface area contributed by atoms with Crippen molar-refractivity contribution in [1.82, 2.24) is 4.90 Å². The van der Waals surface area contributed by atoms with Gasteiger partial charge in [0, 0.05) is 23.2 Å². The van der Waals surface area contributed by atoms with Crippen LogP contribution in [0.1, 0.15) is 23.2 Å². The number of piperidine rings is 1. The highest BCUT2D eigenvalue weighted by atomic mass is 79.9. The number of anilines is 1. The number of aliphatic hydroxyl groups is 1. The molecule has 0 saturated carbocycles. The van der Waals surface area contributed by atoms with Gasteiger partial charge >= 0.3 is 0 Å². The third-order valence-electron chi connectivity index (χ3n) is 2.90. The van der Waals surface area contributed by atoms with Gasteiger partial charge in [-0.15, -0.1) is 0 Å². The zero-order valence-electron chi connectivity index (χ0n) is 9.40. The van der Waals surface area contributed by atoms with Crippen molar-refractivity contribution in [3.05, 3.63) is 28.2 Å². The summed E-state index contributed by atoms with van der Waals surface area (Å²) in [6.07, 6.45) is 1.20. The molecule has 17 heavy (non-hydrogen) atoms. The van der Waals surface area contributed by atoms with Crippen LogP contribution >= 0.6 is 15.9 Å². The number of carbonyl (C=O) groups excluding carboxylic acids is 1. The van der Waals surface area contributed by atoms with Gasteiger partial charge in [-0.3, -0.25) is 4.79 Å². The number of rotatable bonds is 1. The molecule has 1 aliphatic rings. The summed E-state index contributed by atoms with van der Waals surface area (Å²) in [4.78, 5) is 13.9. The van der Waals surface area contributed by atoms with E-state index in [2.05, 4.69) is 15.9 Å². The van der Waals surface area contributed by atoms with Gasteiger partial charge in [-0.1, -0.05) is 0 Å². The molecular formula is C12H15BrN2O2. The Hall–Kier alpha value is -1.07.